The highest BCUT2D eigenvalue weighted by Gasteiger charge is 2.42. The first-order valence-corrected chi connectivity index (χ1v) is 8.48. The van der Waals surface area contributed by atoms with Gasteiger partial charge >= 0.3 is 6.18 Å². The third kappa shape index (κ3) is 4.19. The van der Waals surface area contributed by atoms with E-state index in [9.17, 15) is 13.2 Å². The molecule has 1 saturated carbocycles. The van der Waals surface area contributed by atoms with Crippen LogP contribution in [0.3, 0.4) is 0 Å². The van der Waals surface area contributed by atoms with Gasteiger partial charge in [0, 0.05) is 38.4 Å². The van der Waals surface area contributed by atoms with Crippen LogP contribution in [0.4, 0.5) is 18.9 Å². The quantitative estimate of drug-likeness (QED) is 0.924. The second-order valence-electron chi connectivity index (χ2n) is 6.93. The summed E-state index contributed by atoms with van der Waals surface area (Å²) in [6.45, 7) is 1.83. The molecule has 3 rings (SSSR count). The van der Waals surface area contributed by atoms with E-state index in [1.807, 2.05) is 19.4 Å². The zero-order valence-electron chi connectivity index (χ0n) is 13.5. The van der Waals surface area contributed by atoms with Gasteiger partial charge in [0.1, 0.15) is 0 Å². The second kappa shape index (κ2) is 6.71. The van der Waals surface area contributed by atoms with Crippen molar-refractivity contribution in [1.29, 1.82) is 0 Å². The minimum atomic E-state index is -4.05. The predicted molar refractivity (Wildman–Crippen MR) is 83.4 cm³/mol. The molecular weight excluding hydrogens is 305 g/mol. The van der Waals surface area contributed by atoms with Crippen LogP contribution >= 0.6 is 0 Å². The van der Waals surface area contributed by atoms with Crippen LogP contribution in [0.15, 0.2) is 12.4 Å². The Morgan fingerprint density at radius 2 is 1.96 bits per heavy atom. The van der Waals surface area contributed by atoms with Gasteiger partial charge in [-0.2, -0.15) is 18.3 Å². The molecule has 0 radical (unpaired) electrons. The zero-order valence-corrected chi connectivity index (χ0v) is 13.5. The molecule has 7 heteroatoms. The van der Waals surface area contributed by atoms with Gasteiger partial charge in [-0.1, -0.05) is 6.42 Å². The van der Waals surface area contributed by atoms with Crippen LogP contribution in [-0.4, -0.2) is 41.1 Å². The fourth-order valence-electron chi connectivity index (χ4n) is 3.89. The number of nitrogens with zero attached hydrogens (tertiary/aromatic N) is 3. The number of halogens is 3. The maximum Gasteiger partial charge on any atom is 0.391 e. The Hall–Kier alpha value is -1.24. The lowest BCUT2D eigenvalue weighted by atomic mass is 9.84. The number of hydrogen-bond acceptors (Lipinski definition) is 3. The largest absolute Gasteiger partial charge is 0.391 e. The summed E-state index contributed by atoms with van der Waals surface area (Å²) in [6, 6.07) is 0.259. The minimum absolute atomic E-state index is 0.00535. The van der Waals surface area contributed by atoms with E-state index in [-0.39, 0.29) is 24.9 Å². The first-order chi connectivity index (χ1) is 10.9. The Morgan fingerprint density at radius 3 is 2.65 bits per heavy atom. The summed E-state index contributed by atoms with van der Waals surface area (Å²) >= 11 is 0. The van der Waals surface area contributed by atoms with Gasteiger partial charge in [-0.3, -0.25) is 4.68 Å². The number of anilines is 1. The smallest absolute Gasteiger partial charge is 0.367 e. The third-order valence-electron chi connectivity index (χ3n) is 5.09. The van der Waals surface area contributed by atoms with Crippen molar-refractivity contribution in [1.82, 2.24) is 15.1 Å². The van der Waals surface area contributed by atoms with E-state index in [0.717, 1.165) is 38.0 Å². The average molecular weight is 330 g/mol. The number of hydrogen-bond donors (Lipinski definition) is 1. The van der Waals surface area contributed by atoms with Crippen molar-refractivity contribution in [3.63, 3.8) is 0 Å². The van der Waals surface area contributed by atoms with Gasteiger partial charge in [0.05, 0.1) is 17.8 Å². The molecule has 1 aromatic heterocycles. The number of aromatic nitrogens is 2. The van der Waals surface area contributed by atoms with Gasteiger partial charge in [-0.25, -0.2) is 0 Å². The molecule has 0 bridgehead atoms. The molecule has 3 atom stereocenters. The standard InChI is InChI=1S/C16H25F3N4/c1-22-11-15(9-20-22)23-7-3-6-14(10-23)21-13-5-2-4-12(8-13)16(17,18)19/h9,11-14,21H,2-8,10H2,1H3. The van der Waals surface area contributed by atoms with Crippen molar-refractivity contribution < 1.29 is 13.2 Å². The summed E-state index contributed by atoms with van der Waals surface area (Å²) < 4.78 is 40.6. The van der Waals surface area contributed by atoms with Crippen molar-refractivity contribution in [3.8, 4) is 0 Å². The molecule has 0 aromatic carbocycles. The van der Waals surface area contributed by atoms with E-state index in [1.54, 1.807) is 4.68 Å². The average Bonchev–Trinajstić information content (AvgIpc) is 2.94. The lowest BCUT2D eigenvalue weighted by Crippen LogP contribution is -2.51. The highest BCUT2D eigenvalue weighted by molar-refractivity contribution is 5.43. The molecule has 2 heterocycles. The van der Waals surface area contributed by atoms with Crippen molar-refractivity contribution in [2.45, 2.75) is 56.8 Å². The molecule has 2 fully saturated rings. The van der Waals surface area contributed by atoms with E-state index < -0.39 is 12.1 Å². The number of nitrogens with one attached hydrogen (secondary N) is 1. The van der Waals surface area contributed by atoms with Gasteiger partial charge in [0.15, 0.2) is 0 Å². The summed E-state index contributed by atoms with van der Waals surface area (Å²) in [5.74, 6) is -1.13. The monoisotopic (exact) mass is 330 g/mol. The Bertz CT molecular complexity index is 514. The van der Waals surface area contributed by atoms with Crippen LogP contribution in [0, 0.1) is 5.92 Å². The highest BCUT2D eigenvalue weighted by Crippen LogP contribution is 2.37. The molecule has 1 aromatic rings. The number of alkyl halides is 3. The van der Waals surface area contributed by atoms with Crippen LogP contribution in [0.5, 0.6) is 0 Å². The Balaban J connectivity index is 1.55. The van der Waals surface area contributed by atoms with Gasteiger partial charge in [-0.15, -0.1) is 0 Å². The van der Waals surface area contributed by atoms with Gasteiger partial charge < -0.3 is 10.2 Å². The summed E-state index contributed by atoms with van der Waals surface area (Å²) in [4.78, 5) is 2.28. The van der Waals surface area contributed by atoms with E-state index in [2.05, 4.69) is 15.3 Å². The summed E-state index contributed by atoms with van der Waals surface area (Å²) in [7, 11) is 1.89. The van der Waals surface area contributed by atoms with Gasteiger partial charge in [-0.05, 0) is 32.1 Å². The maximum atomic E-state index is 12.9. The van der Waals surface area contributed by atoms with E-state index >= 15 is 0 Å². The van der Waals surface area contributed by atoms with Crippen molar-refractivity contribution in [3.05, 3.63) is 12.4 Å². The summed E-state index contributed by atoms with van der Waals surface area (Å²) in [5, 5.41) is 7.70. The molecular formula is C16H25F3N4. The zero-order chi connectivity index (χ0) is 16.4. The SMILES string of the molecule is Cn1cc(N2CCCC(NC3CCCC(C(F)(F)F)C3)C2)cn1. The molecule has 0 amide bonds. The maximum absolute atomic E-state index is 12.9. The fourth-order valence-corrected chi connectivity index (χ4v) is 3.89. The van der Waals surface area contributed by atoms with Crippen LogP contribution in [0.2, 0.25) is 0 Å². The lowest BCUT2D eigenvalue weighted by molar-refractivity contribution is -0.183. The predicted octanol–water partition coefficient (Wildman–Crippen LogP) is 3.10. The molecule has 4 nitrogen and oxygen atoms in total. The summed E-state index contributed by atoms with van der Waals surface area (Å²) in [5.41, 5.74) is 1.09. The van der Waals surface area contributed by atoms with Gasteiger partial charge in [0.25, 0.3) is 0 Å². The molecule has 1 saturated heterocycles. The molecule has 23 heavy (non-hydrogen) atoms. The van der Waals surface area contributed by atoms with Crippen LogP contribution in [0.25, 0.3) is 0 Å². The molecule has 1 aliphatic heterocycles. The van der Waals surface area contributed by atoms with E-state index in [4.69, 9.17) is 0 Å². The Kier molecular flexibility index (Phi) is 4.85. The van der Waals surface area contributed by atoms with E-state index in [0.29, 0.717) is 6.42 Å². The molecule has 0 spiro atoms. The Morgan fingerprint density at radius 1 is 1.17 bits per heavy atom. The fraction of sp³-hybridized carbons (Fsp3) is 0.812. The molecule has 130 valence electrons. The number of piperidine rings is 1. The first kappa shape index (κ1) is 16.6. The number of aryl methyl sites for hydroxylation is 1. The normalized spacial score (nSPS) is 29.7. The molecule has 1 N–H and O–H groups in total. The summed E-state index contributed by atoms with van der Waals surface area (Å²) in [6.07, 6.45) is 3.92. The van der Waals surface area contributed by atoms with Crippen molar-refractivity contribution in [2.75, 3.05) is 18.0 Å². The molecule has 3 unspecified atom stereocenters. The Labute approximate surface area is 135 Å². The number of rotatable bonds is 3. The van der Waals surface area contributed by atoms with Crippen LogP contribution < -0.4 is 10.2 Å². The first-order valence-electron chi connectivity index (χ1n) is 8.48. The topological polar surface area (TPSA) is 33.1 Å². The minimum Gasteiger partial charge on any atom is -0.367 e. The van der Waals surface area contributed by atoms with Crippen LogP contribution in [-0.2, 0) is 7.05 Å². The highest BCUT2D eigenvalue weighted by atomic mass is 19.4. The third-order valence-corrected chi connectivity index (χ3v) is 5.09. The molecule has 1 aliphatic carbocycles. The van der Waals surface area contributed by atoms with E-state index in [1.165, 1.54) is 0 Å². The molecule has 2 aliphatic rings. The van der Waals surface area contributed by atoms with Crippen molar-refractivity contribution >= 4 is 5.69 Å². The van der Waals surface area contributed by atoms with Crippen molar-refractivity contribution in [2.24, 2.45) is 13.0 Å². The van der Waals surface area contributed by atoms with Gasteiger partial charge in [0.2, 0.25) is 0 Å². The second-order valence-corrected chi connectivity index (χ2v) is 6.93. The van der Waals surface area contributed by atoms with Crippen LogP contribution in [0.1, 0.15) is 38.5 Å². The lowest BCUT2D eigenvalue weighted by Gasteiger charge is -2.38.